The minimum atomic E-state index is -0.769. The Bertz CT molecular complexity index is 1100. The molecule has 3 amide bonds. The van der Waals surface area contributed by atoms with Gasteiger partial charge in [0.15, 0.2) is 12.4 Å². The summed E-state index contributed by atoms with van der Waals surface area (Å²) in [5.41, 5.74) is 1.10. The minimum absolute atomic E-state index is 0.0609. The van der Waals surface area contributed by atoms with Crippen molar-refractivity contribution in [1.29, 1.82) is 0 Å². The number of aryl methyl sites for hydroxylation is 1. The molecule has 31 heavy (non-hydrogen) atoms. The predicted molar refractivity (Wildman–Crippen MR) is 108 cm³/mol. The second kappa shape index (κ2) is 8.99. The molecule has 1 aliphatic carbocycles. The number of pyridine rings is 1. The number of amides is 3. The highest BCUT2D eigenvalue weighted by Crippen LogP contribution is 2.27. The van der Waals surface area contributed by atoms with Crippen LogP contribution < -0.4 is 10.6 Å². The van der Waals surface area contributed by atoms with Crippen LogP contribution in [0.25, 0.3) is 22.6 Å². The smallest absolute Gasteiger partial charge is 0.339 e. The average Bonchev–Trinajstić information content (AvgIpc) is 3.42. The van der Waals surface area contributed by atoms with E-state index in [1.54, 1.807) is 19.1 Å². The average molecular weight is 426 g/mol. The number of hydrogen-bond donors (Lipinski definition) is 2. The number of carbonyl (C=O) groups excluding carboxylic acids is 3. The Morgan fingerprint density at radius 1 is 1.23 bits per heavy atom. The first-order valence-electron chi connectivity index (χ1n) is 10.1. The first kappa shape index (κ1) is 20.6. The molecule has 3 aromatic rings. The molecule has 0 aromatic carbocycles. The van der Waals surface area contributed by atoms with Crippen LogP contribution in [0.4, 0.5) is 4.79 Å². The van der Waals surface area contributed by atoms with Crippen molar-refractivity contribution in [1.82, 2.24) is 20.8 Å². The second-order valence-corrected chi connectivity index (χ2v) is 7.41. The van der Waals surface area contributed by atoms with Gasteiger partial charge in [-0.25, -0.2) is 14.6 Å². The molecule has 0 radical (unpaired) electrons. The molecule has 3 heterocycles. The van der Waals surface area contributed by atoms with Crippen molar-refractivity contribution in [2.45, 2.75) is 45.1 Å². The molecule has 0 saturated heterocycles. The van der Waals surface area contributed by atoms with E-state index >= 15 is 0 Å². The van der Waals surface area contributed by atoms with Crippen LogP contribution in [0, 0.1) is 6.92 Å². The van der Waals surface area contributed by atoms with E-state index in [4.69, 9.17) is 13.7 Å². The number of fused-ring (bicyclic) bond motifs is 1. The molecule has 0 atom stereocenters. The highest BCUT2D eigenvalue weighted by Gasteiger charge is 2.22. The van der Waals surface area contributed by atoms with E-state index in [1.165, 1.54) is 12.3 Å². The van der Waals surface area contributed by atoms with Crippen LogP contribution in [0.1, 0.15) is 48.2 Å². The molecule has 162 valence electrons. The van der Waals surface area contributed by atoms with Crippen molar-refractivity contribution < 1.29 is 28.1 Å². The lowest BCUT2D eigenvalue weighted by Gasteiger charge is -2.22. The van der Waals surface area contributed by atoms with Crippen LogP contribution in [-0.4, -0.2) is 40.7 Å². The predicted octanol–water partition coefficient (Wildman–Crippen LogP) is 3.11. The standard InChI is InChI=1S/C21H22N4O6/c1-12-18-14(10-15(16-8-5-9-29-16)23-19(18)31-25-12)20(27)30-11-17(26)24-21(28)22-13-6-3-2-4-7-13/h5,8-10,13H,2-4,6-7,11H2,1H3,(H2,22,24,26,28). The molecule has 10 heteroatoms. The van der Waals surface area contributed by atoms with Crippen molar-refractivity contribution >= 4 is 29.0 Å². The van der Waals surface area contributed by atoms with E-state index in [9.17, 15) is 14.4 Å². The lowest BCUT2D eigenvalue weighted by atomic mass is 9.96. The zero-order valence-corrected chi connectivity index (χ0v) is 17.0. The van der Waals surface area contributed by atoms with Gasteiger partial charge >= 0.3 is 12.0 Å². The van der Waals surface area contributed by atoms with Crippen LogP contribution in [0.2, 0.25) is 0 Å². The molecule has 0 spiro atoms. The number of hydrogen-bond acceptors (Lipinski definition) is 8. The van der Waals surface area contributed by atoms with Gasteiger partial charge in [-0.1, -0.05) is 24.4 Å². The van der Waals surface area contributed by atoms with Crippen LogP contribution in [0.3, 0.4) is 0 Å². The molecule has 4 rings (SSSR count). The Balaban J connectivity index is 1.41. The molecule has 10 nitrogen and oxygen atoms in total. The number of imide groups is 1. The number of ether oxygens (including phenoxy) is 1. The van der Waals surface area contributed by atoms with Crippen LogP contribution >= 0.6 is 0 Å². The van der Waals surface area contributed by atoms with Crippen LogP contribution in [0.5, 0.6) is 0 Å². The number of esters is 1. The van der Waals surface area contributed by atoms with Crippen molar-refractivity contribution in [3.05, 3.63) is 35.7 Å². The molecule has 0 aliphatic heterocycles. The monoisotopic (exact) mass is 426 g/mol. The summed E-state index contributed by atoms with van der Waals surface area (Å²) in [7, 11) is 0. The van der Waals surface area contributed by atoms with Gasteiger partial charge in [-0.15, -0.1) is 0 Å². The molecule has 2 N–H and O–H groups in total. The normalized spacial score (nSPS) is 14.4. The van der Waals surface area contributed by atoms with Gasteiger partial charge in [-0.2, -0.15) is 0 Å². The lowest BCUT2D eigenvalue weighted by Crippen LogP contribution is -2.46. The largest absolute Gasteiger partial charge is 0.463 e. The van der Waals surface area contributed by atoms with E-state index in [0.29, 0.717) is 22.5 Å². The van der Waals surface area contributed by atoms with E-state index in [2.05, 4.69) is 20.8 Å². The van der Waals surface area contributed by atoms with Gasteiger partial charge in [0.1, 0.15) is 5.69 Å². The van der Waals surface area contributed by atoms with Crippen LogP contribution in [0.15, 0.2) is 33.4 Å². The number of furan rings is 1. The van der Waals surface area contributed by atoms with E-state index in [0.717, 1.165) is 32.1 Å². The number of carbonyl (C=O) groups is 3. The third-order valence-electron chi connectivity index (χ3n) is 5.14. The minimum Gasteiger partial charge on any atom is -0.463 e. The summed E-state index contributed by atoms with van der Waals surface area (Å²) in [4.78, 5) is 41.0. The Morgan fingerprint density at radius 2 is 2.03 bits per heavy atom. The zero-order chi connectivity index (χ0) is 21.8. The van der Waals surface area contributed by atoms with E-state index in [-0.39, 0.29) is 17.3 Å². The highest BCUT2D eigenvalue weighted by molar-refractivity contribution is 6.05. The molecule has 1 fully saturated rings. The number of aromatic nitrogens is 2. The first-order valence-corrected chi connectivity index (χ1v) is 10.1. The summed E-state index contributed by atoms with van der Waals surface area (Å²) in [5.74, 6) is -1.06. The van der Waals surface area contributed by atoms with Crippen molar-refractivity contribution in [3.8, 4) is 11.5 Å². The van der Waals surface area contributed by atoms with Gasteiger partial charge in [0.2, 0.25) is 0 Å². The Labute approximate surface area is 177 Å². The Hall–Kier alpha value is -3.69. The van der Waals surface area contributed by atoms with Crippen molar-refractivity contribution in [2.75, 3.05) is 6.61 Å². The van der Waals surface area contributed by atoms with E-state index < -0.39 is 24.5 Å². The number of rotatable bonds is 5. The maximum Gasteiger partial charge on any atom is 0.339 e. The molecule has 1 aliphatic rings. The topological polar surface area (TPSA) is 137 Å². The fraction of sp³-hybridized carbons (Fsp3) is 0.381. The summed E-state index contributed by atoms with van der Waals surface area (Å²) >= 11 is 0. The number of urea groups is 1. The lowest BCUT2D eigenvalue weighted by molar-refractivity contribution is -0.123. The quantitative estimate of drug-likeness (QED) is 0.594. The Morgan fingerprint density at radius 3 is 2.77 bits per heavy atom. The molecule has 3 aromatic heterocycles. The highest BCUT2D eigenvalue weighted by atomic mass is 16.5. The Kier molecular flexibility index (Phi) is 5.96. The fourth-order valence-corrected chi connectivity index (χ4v) is 3.65. The van der Waals surface area contributed by atoms with Gasteiger partial charge in [-0.05, 0) is 38.0 Å². The first-order chi connectivity index (χ1) is 15.0. The third-order valence-corrected chi connectivity index (χ3v) is 5.14. The summed E-state index contributed by atoms with van der Waals surface area (Å²) < 4.78 is 15.6. The van der Waals surface area contributed by atoms with Gasteiger partial charge in [0.05, 0.1) is 22.9 Å². The number of nitrogens with zero attached hydrogens (tertiary/aromatic N) is 2. The molecule has 0 bridgehead atoms. The van der Waals surface area contributed by atoms with Gasteiger partial charge < -0.3 is 19.0 Å². The van der Waals surface area contributed by atoms with Gasteiger partial charge in [0.25, 0.3) is 11.6 Å². The molecular formula is C21H22N4O6. The maximum absolute atomic E-state index is 12.7. The van der Waals surface area contributed by atoms with Gasteiger partial charge in [-0.3, -0.25) is 10.1 Å². The SMILES string of the molecule is Cc1noc2nc(-c3ccco3)cc(C(=O)OCC(=O)NC(=O)NC3CCCCC3)c12. The second-order valence-electron chi connectivity index (χ2n) is 7.41. The molecular weight excluding hydrogens is 404 g/mol. The summed E-state index contributed by atoms with van der Waals surface area (Å²) in [6.07, 6.45) is 6.53. The van der Waals surface area contributed by atoms with Crippen LogP contribution in [-0.2, 0) is 9.53 Å². The van der Waals surface area contributed by atoms with Crippen molar-refractivity contribution in [3.63, 3.8) is 0 Å². The maximum atomic E-state index is 12.7. The fourth-order valence-electron chi connectivity index (χ4n) is 3.65. The van der Waals surface area contributed by atoms with Gasteiger partial charge in [0, 0.05) is 6.04 Å². The summed E-state index contributed by atoms with van der Waals surface area (Å²) in [5, 5.41) is 9.18. The van der Waals surface area contributed by atoms with E-state index in [1.807, 2.05) is 0 Å². The number of nitrogens with one attached hydrogen (secondary N) is 2. The molecule has 0 unspecified atom stereocenters. The summed E-state index contributed by atoms with van der Waals surface area (Å²) in [6, 6.07) is 4.33. The molecule has 1 saturated carbocycles. The summed E-state index contributed by atoms with van der Waals surface area (Å²) in [6.45, 7) is 1.06. The van der Waals surface area contributed by atoms with Crippen molar-refractivity contribution in [2.24, 2.45) is 0 Å². The zero-order valence-electron chi connectivity index (χ0n) is 17.0. The third kappa shape index (κ3) is 4.73.